The van der Waals surface area contributed by atoms with Crippen LogP contribution in [-0.4, -0.2) is 0 Å². The summed E-state index contributed by atoms with van der Waals surface area (Å²) in [5, 5.41) is 5.76. The van der Waals surface area contributed by atoms with Gasteiger partial charge in [0.25, 0.3) is 0 Å². The second kappa shape index (κ2) is 6.07. The summed E-state index contributed by atoms with van der Waals surface area (Å²) in [5.74, 6) is 0.944. The molecule has 2 nitrogen and oxygen atoms in total. The van der Waals surface area contributed by atoms with Gasteiger partial charge in [-0.15, -0.1) is 11.3 Å². The van der Waals surface area contributed by atoms with E-state index in [4.69, 9.17) is 4.42 Å². The molecule has 102 valence electrons. The van der Waals surface area contributed by atoms with Gasteiger partial charge in [-0.3, -0.25) is 5.32 Å². The Bertz CT molecular complexity index is 616. The van der Waals surface area contributed by atoms with Crippen LogP contribution >= 0.6 is 11.3 Å². The minimum absolute atomic E-state index is 0.0725. The number of nitrogens with one attached hydrogen (secondary N) is 1. The molecule has 3 heteroatoms. The van der Waals surface area contributed by atoms with E-state index in [1.54, 1.807) is 17.6 Å². The van der Waals surface area contributed by atoms with Gasteiger partial charge in [-0.1, -0.05) is 36.4 Å². The molecule has 1 aromatic carbocycles. The maximum Gasteiger partial charge on any atom is 0.125 e. The fraction of sp³-hybridized carbons (Fsp3) is 0.176. The monoisotopic (exact) mass is 283 g/mol. The molecule has 3 rings (SSSR count). The van der Waals surface area contributed by atoms with Crippen molar-refractivity contribution >= 4 is 11.3 Å². The van der Waals surface area contributed by atoms with Crippen LogP contribution in [0.5, 0.6) is 0 Å². The highest BCUT2D eigenvalue weighted by molar-refractivity contribution is 7.10. The van der Waals surface area contributed by atoms with E-state index in [0.717, 1.165) is 5.76 Å². The van der Waals surface area contributed by atoms with Gasteiger partial charge in [-0.05, 0) is 36.1 Å². The molecule has 0 saturated heterocycles. The van der Waals surface area contributed by atoms with Crippen molar-refractivity contribution in [1.82, 2.24) is 5.32 Å². The van der Waals surface area contributed by atoms with E-state index >= 15 is 0 Å². The average Bonchev–Trinajstić information content (AvgIpc) is 3.18. The first-order valence-electron chi connectivity index (χ1n) is 6.72. The standard InChI is InChI=1S/C17H17NOS/c1-13(16-10-6-12-20-16)18-17(15-9-5-11-19-15)14-7-3-2-4-8-14/h2-13,17-18H,1H3/t13-,17?/m1/s1. The molecule has 0 aliphatic rings. The predicted octanol–water partition coefficient (Wildman–Crippen LogP) is 4.78. The van der Waals surface area contributed by atoms with Crippen LogP contribution in [-0.2, 0) is 0 Å². The lowest BCUT2D eigenvalue weighted by Crippen LogP contribution is -2.24. The quantitative estimate of drug-likeness (QED) is 0.729. The molecule has 2 atom stereocenters. The van der Waals surface area contributed by atoms with Gasteiger partial charge in [0.1, 0.15) is 5.76 Å². The fourth-order valence-electron chi connectivity index (χ4n) is 2.31. The van der Waals surface area contributed by atoms with Gasteiger partial charge >= 0.3 is 0 Å². The van der Waals surface area contributed by atoms with E-state index in [-0.39, 0.29) is 12.1 Å². The van der Waals surface area contributed by atoms with Gasteiger partial charge in [-0.2, -0.15) is 0 Å². The Labute approximate surface area is 123 Å². The lowest BCUT2D eigenvalue weighted by atomic mass is 10.0. The zero-order chi connectivity index (χ0) is 13.8. The predicted molar refractivity (Wildman–Crippen MR) is 82.9 cm³/mol. The third kappa shape index (κ3) is 2.84. The highest BCUT2D eigenvalue weighted by atomic mass is 32.1. The Morgan fingerprint density at radius 2 is 1.85 bits per heavy atom. The Hall–Kier alpha value is -1.84. The molecule has 0 aliphatic carbocycles. The van der Waals surface area contributed by atoms with Crippen molar-refractivity contribution in [2.45, 2.75) is 19.0 Å². The van der Waals surface area contributed by atoms with Crippen molar-refractivity contribution in [3.05, 3.63) is 82.4 Å². The van der Waals surface area contributed by atoms with Gasteiger partial charge in [0, 0.05) is 10.9 Å². The molecule has 3 aromatic rings. The third-order valence-electron chi connectivity index (χ3n) is 3.35. The van der Waals surface area contributed by atoms with Crippen molar-refractivity contribution < 1.29 is 4.42 Å². The molecule has 2 aromatic heterocycles. The van der Waals surface area contributed by atoms with Crippen LogP contribution in [0.4, 0.5) is 0 Å². The van der Waals surface area contributed by atoms with Gasteiger partial charge in [0.05, 0.1) is 12.3 Å². The average molecular weight is 283 g/mol. The number of hydrogen-bond donors (Lipinski definition) is 1. The first-order chi connectivity index (χ1) is 9.84. The Morgan fingerprint density at radius 3 is 2.50 bits per heavy atom. The van der Waals surface area contributed by atoms with Gasteiger partial charge in [0.2, 0.25) is 0 Å². The fourth-order valence-corrected chi connectivity index (χ4v) is 3.06. The summed E-state index contributed by atoms with van der Waals surface area (Å²) in [5.41, 5.74) is 1.21. The van der Waals surface area contributed by atoms with E-state index in [1.807, 2.05) is 18.2 Å². The molecule has 0 bridgehead atoms. The van der Waals surface area contributed by atoms with Crippen LogP contribution in [0.2, 0.25) is 0 Å². The van der Waals surface area contributed by atoms with Crippen molar-refractivity contribution in [2.24, 2.45) is 0 Å². The Morgan fingerprint density at radius 1 is 1.00 bits per heavy atom. The number of benzene rings is 1. The SMILES string of the molecule is C[C@@H](NC(c1ccccc1)c1ccco1)c1cccs1. The second-order valence-corrected chi connectivity index (χ2v) is 5.74. The lowest BCUT2D eigenvalue weighted by molar-refractivity contribution is 0.421. The van der Waals surface area contributed by atoms with E-state index in [9.17, 15) is 0 Å². The Kier molecular flexibility index (Phi) is 4.00. The normalized spacial score (nSPS) is 14.1. The largest absolute Gasteiger partial charge is 0.467 e. The van der Waals surface area contributed by atoms with Crippen molar-refractivity contribution in [2.75, 3.05) is 0 Å². The molecule has 20 heavy (non-hydrogen) atoms. The molecule has 2 heterocycles. The highest BCUT2D eigenvalue weighted by Crippen LogP contribution is 2.27. The van der Waals surface area contributed by atoms with E-state index < -0.39 is 0 Å². The molecule has 0 amide bonds. The van der Waals surface area contributed by atoms with Gasteiger partial charge in [0.15, 0.2) is 0 Å². The molecular weight excluding hydrogens is 266 g/mol. The number of thiophene rings is 1. The van der Waals surface area contributed by atoms with Crippen LogP contribution < -0.4 is 5.32 Å². The smallest absolute Gasteiger partial charge is 0.125 e. The molecule has 1 N–H and O–H groups in total. The third-order valence-corrected chi connectivity index (χ3v) is 4.40. The lowest BCUT2D eigenvalue weighted by Gasteiger charge is -2.21. The molecule has 0 saturated carbocycles. The van der Waals surface area contributed by atoms with Crippen molar-refractivity contribution in [3.63, 3.8) is 0 Å². The first kappa shape index (κ1) is 13.2. The van der Waals surface area contributed by atoms with Crippen LogP contribution in [0.25, 0.3) is 0 Å². The maximum absolute atomic E-state index is 5.61. The second-order valence-electron chi connectivity index (χ2n) is 4.76. The topological polar surface area (TPSA) is 25.2 Å². The van der Waals surface area contributed by atoms with Gasteiger partial charge < -0.3 is 4.42 Å². The summed E-state index contributed by atoms with van der Waals surface area (Å²) in [6.07, 6.45) is 1.72. The Balaban J connectivity index is 1.87. The number of hydrogen-bond acceptors (Lipinski definition) is 3. The molecule has 0 aliphatic heterocycles. The van der Waals surface area contributed by atoms with Crippen LogP contribution in [0.15, 0.2) is 70.7 Å². The molecule has 0 radical (unpaired) electrons. The summed E-state index contributed by atoms with van der Waals surface area (Å²) < 4.78 is 5.61. The maximum atomic E-state index is 5.61. The minimum Gasteiger partial charge on any atom is -0.467 e. The highest BCUT2D eigenvalue weighted by Gasteiger charge is 2.19. The summed E-state index contributed by atoms with van der Waals surface area (Å²) in [4.78, 5) is 1.33. The van der Waals surface area contributed by atoms with Crippen molar-refractivity contribution in [3.8, 4) is 0 Å². The number of furan rings is 1. The zero-order valence-corrected chi connectivity index (χ0v) is 12.1. The van der Waals surface area contributed by atoms with E-state index in [1.165, 1.54) is 10.4 Å². The summed E-state index contributed by atoms with van der Waals surface area (Å²) in [7, 11) is 0. The number of rotatable bonds is 5. The molecule has 0 spiro atoms. The summed E-state index contributed by atoms with van der Waals surface area (Å²) in [6, 6.07) is 19.0. The van der Waals surface area contributed by atoms with Crippen LogP contribution in [0.3, 0.4) is 0 Å². The first-order valence-corrected chi connectivity index (χ1v) is 7.60. The molecule has 1 unspecified atom stereocenters. The summed E-state index contributed by atoms with van der Waals surface area (Å²) >= 11 is 1.77. The van der Waals surface area contributed by atoms with Crippen molar-refractivity contribution in [1.29, 1.82) is 0 Å². The van der Waals surface area contributed by atoms with Crippen LogP contribution in [0.1, 0.15) is 35.2 Å². The van der Waals surface area contributed by atoms with Crippen LogP contribution in [0, 0.1) is 0 Å². The van der Waals surface area contributed by atoms with Gasteiger partial charge in [-0.25, -0.2) is 0 Å². The summed E-state index contributed by atoms with van der Waals surface area (Å²) in [6.45, 7) is 2.19. The minimum atomic E-state index is 0.0725. The molecule has 0 fully saturated rings. The van der Waals surface area contributed by atoms with E-state index in [2.05, 4.69) is 54.0 Å². The van der Waals surface area contributed by atoms with E-state index in [0.29, 0.717) is 0 Å². The molecular formula is C17H17NOS. The zero-order valence-electron chi connectivity index (χ0n) is 11.3.